The quantitative estimate of drug-likeness (QED) is 0.828. The molecule has 5 nitrogen and oxygen atoms in total. The Bertz CT molecular complexity index is 705. The van der Waals surface area contributed by atoms with Crippen molar-refractivity contribution in [1.82, 2.24) is 4.72 Å². The smallest absolute Gasteiger partial charge is 0.241 e. The van der Waals surface area contributed by atoms with Crippen molar-refractivity contribution in [2.45, 2.75) is 31.7 Å². The van der Waals surface area contributed by atoms with Crippen LogP contribution in [0.3, 0.4) is 0 Å². The van der Waals surface area contributed by atoms with Crippen LogP contribution in [0, 0.1) is 6.92 Å². The minimum atomic E-state index is -3.59. The lowest BCUT2D eigenvalue weighted by molar-refractivity contribution is 0.475. The molecule has 0 radical (unpaired) electrons. The summed E-state index contributed by atoms with van der Waals surface area (Å²) < 4.78 is 32.1. The maximum Gasteiger partial charge on any atom is 0.241 e. The van der Waals surface area contributed by atoms with Crippen molar-refractivity contribution < 1.29 is 12.8 Å². The van der Waals surface area contributed by atoms with Gasteiger partial charge in [0.1, 0.15) is 11.5 Å². The van der Waals surface area contributed by atoms with Crippen molar-refractivity contribution in [3.05, 3.63) is 47.4 Å². The number of hydrogen-bond acceptors (Lipinski definition) is 4. The van der Waals surface area contributed by atoms with E-state index in [9.17, 15) is 8.42 Å². The molecular formula is C14H18N2O3S. The van der Waals surface area contributed by atoms with Gasteiger partial charge in [-0.2, -0.15) is 0 Å². The fourth-order valence-corrected chi connectivity index (χ4v) is 2.92. The normalized spacial score (nSPS) is 11.7. The fraction of sp³-hybridized carbons (Fsp3) is 0.286. The van der Waals surface area contributed by atoms with Gasteiger partial charge in [-0.15, -0.1) is 0 Å². The van der Waals surface area contributed by atoms with Gasteiger partial charge in [-0.05, 0) is 43.2 Å². The molecule has 1 aromatic heterocycles. The van der Waals surface area contributed by atoms with Gasteiger partial charge in [0.25, 0.3) is 0 Å². The summed E-state index contributed by atoms with van der Waals surface area (Å²) in [5.41, 5.74) is 7.25. The predicted octanol–water partition coefficient (Wildman–Crippen LogP) is 2.21. The summed E-state index contributed by atoms with van der Waals surface area (Å²) in [4.78, 5) is 0.162. The summed E-state index contributed by atoms with van der Waals surface area (Å²) in [5.74, 6) is 1.32. The maximum atomic E-state index is 12.2. The average Bonchev–Trinajstić information content (AvgIpc) is 2.82. The molecule has 0 amide bonds. The summed E-state index contributed by atoms with van der Waals surface area (Å²) in [6.45, 7) is 3.89. The molecule has 0 atom stereocenters. The van der Waals surface area contributed by atoms with Gasteiger partial charge in [0, 0.05) is 5.69 Å². The van der Waals surface area contributed by atoms with E-state index in [-0.39, 0.29) is 11.4 Å². The number of nitrogens with one attached hydrogen (secondary N) is 1. The highest BCUT2D eigenvalue weighted by molar-refractivity contribution is 7.89. The van der Waals surface area contributed by atoms with E-state index >= 15 is 0 Å². The molecule has 0 unspecified atom stereocenters. The molecule has 6 heteroatoms. The Morgan fingerprint density at radius 2 is 2.00 bits per heavy atom. The molecule has 0 aliphatic heterocycles. The van der Waals surface area contributed by atoms with Gasteiger partial charge in [-0.1, -0.05) is 13.0 Å². The predicted molar refractivity (Wildman–Crippen MR) is 77.7 cm³/mol. The van der Waals surface area contributed by atoms with Gasteiger partial charge >= 0.3 is 0 Å². The number of anilines is 1. The maximum absolute atomic E-state index is 12.2. The van der Waals surface area contributed by atoms with Crippen LogP contribution in [-0.2, 0) is 23.0 Å². The van der Waals surface area contributed by atoms with Crippen LogP contribution in [0.4, 0.5) is 5.69 Å². The molecule has 2 aromatic rings. The molecule has 0 aliphatic carbocycles. The Hall–Kier alpha value is -1.79. The van der Waals surface area contributed by atoms with Gasteiger partial charge in [0.15, 0.2) is 0 Å². The molecular weight excluding hydrogens is 276 g/mol. The fourth-order valence-electron chi connectivity index (χ4n) is 1.89. The Morgan fingerprint density at radius 1 is 1.25 bits per heavy atom. The Kier molecular flexibility index (Phi) is 4.15. The third kappa shape index (κ3) is 3.20. The topological polar surface area (TPSA) is 85.3 Å². The zero-order valence-corrected chi connectivity index (χ0v) is 12.3. The molecule has 0 bridgehead atoms. The number of aryl methyl sites for hydroxylation is 2. The number of sulfonamides is 1. The van der Waals surface area contributed by atoms with E-state index in [1.54, 1.807) is 24.3 Å². The number of nitrogens with two attached hydrogens (primary N) is 1. The minimum Gasteiger partial charge on any atom is -0.465 e. The van der Waals surface area contributed by atoms with Crippen molar-refractivity contribution in [1.29, 1.82) is 0 Å². The van der Waals surface area contributed by atoms with E-state index in [0.717, 1.165) is 17.7 Å². The van der Waals surface area contributed by atoms with Crippen LogP contribution in [0.2, 0.25) is 0 Å². The van der Waals surface area contributed by atoms with E-state index in [2.05, 4.69) is 4.72 Å². The molecule has 2 rings (SSSR count). The third-order valence-corrected chi connectivity index (χ3v) is 4.44. The van der Waals surface area contributed by atoms with Crippen LogP contribution in [0.25, 0.3) is 0 Å². The second-order valence-electron chi connectivity index (χ2n) is 4.55. The largest absolute Gasteiger partial charge is 0.465 e. The Labute approximate surface area is 118 Å². The summed E-state index contributed by atoms with van der Waals surface area (Å²) in [6.07, 6.45) is 0.769. The Balaban J connectivity index is 2.15. The van der Waals surface area contributed by atoms with Gasteiger partial charge < -0.3 is 10.2 Å². The summed E-state index contributed by atoms with van der Waals surface area (Å²) >= 11 is 0. The minimum absolute atomic E-state index is 0.117. The average molecular weight is 294 g/mol. The second kappa shape index (κ2) is 5.68. The molecule has 0 spiro atoms. The molecule has 1 heterocycles. The van der Waals surface area contributed by atoms with Crippen molar-refractivity contribution in [3.8, 4) is 0 Å². The zero-order chi connectivity index (χ0) is 14.8. The molecule has 20 heavy (non-hydrogen) atoms. The first-order valence-corrected chi connectivity index (χ1v) is 7.84. The Morgan fingerprint density at radius 3 is 2.55 bits per heavy atom. The van der Waals surface area contributed by atoms with Gasteiger partial charge in [0.2, 0.25) is 10.0 Å². The zero-order valence-electron chi connectivity index (χ0n) is 11.5. The number of hydrogen-bond donors (Lipinski definition) is 2. The van der Waals surface area contributed by atoms with E-state index in [1.807, 2.05) is 13.8 Å². The number of benzene rings is 1. The van der Waals surface area contributed by atoms with Crippen LogP contribution in [0.15, 0.2) is 39.6 Å². The van der Waals surface area contributed by atoms with E-state index in [0.29, 0.717) is 11.4 Å². The SMILES string of the molecule is CCc1ccc(S(=O)(=O)NCc2ccc(C)o2)cc1N. The van der Waals surface area contributed by atoms with Crippen LogP contribution in [0.1, 0.15) is 24.0 Å². The van der Waals surface area contributed by atoms with E-state index < -0.39 is 10.0 Å². The van der Waals surface area contributed by atoms with Crippen LogP contribution in [-0.4, -0.2) is 8.42 Å². The van der Waals surface area contributed by atoms with Crippen molar-refractivity contribution in [2.75, 3.05) is 5.73 Å². The summed E-state index contributed by atoms with van der Waals surface area (Å²) in [6, 6.07) is 8.31. The highest BCUT2D eigenvalue weighted by Crippen LogP contribution is 2.18. The first-order chi connectivity index (χ1) is 9.42. The molecule has 0 fully saturated rings. The highest BCUT2D eigenvalue weighted by Gasteiger charge is 2.15. The monoisotopic (exact) mass is 294 g/mol. The molecule has 1 aromatic carbocycles. The number of rotatable bonds is 5. The summed E-state index contributed by atoms with van der Waals surface area (Å²) in [5, 5.41) is 0. The van der Waals surface area contributed by atoms with Crippen LogP contribution >= 0.6 is 0 Å². The molecule has 0 aliphatic rings. The number of nitrogen functional groups attached to an aromatic ring is 1. The lowest BCUT2D eigenvalue weighted by Gasteiger charge is -2.08. The van der Waals surface area contributed by atoms with Gasteiger partial charge in [0.05, 0.1) is 11.4 Å². The standard InChI is InChI=1S/C14H18N2O3S/c1-3-11-5-7-13(8-14(11)15)20(17,18)16-9-12-6-4-10(2)19-12/h4-8,16H,3,9,15H2,1-2H3. The van der Waals surface area contributed by atoms with E-state index in [4.69, 9.17) is 10.2 Å². The molecule has 0 saturated heterocycles. The van der Waals surface area contributed by atoms with Crippen LogP contribution in [0.5, 0.6) is 0 Å². The van der Waals surface area contributed by atoms with Crippen molar-refractivity contribution >= 4 is 15.7 Å². The first-order valence-electron chi connectivity index (χ1n) is 6.35. The lowest BCUT2D eigenvalue weighted by atomic mass is 10.1. The van der Waals surface area contributed by atoms with E-state index in [1.165, 1.54) is 6.07 Å². The third-order valence-electron chi connectivity index (χ3n) is 3.04. The van der Waals surface area contributed by atoms with Crippen molar-refractivity contribution in [3.63, 3.8) is 0 Å². The second-order valence-corrected chi connectivity index (χ2v) is 6.32. The van der Waals surface area contributed by atoms with Crippen molar-refractivity contribution in [2.24, 2.45) is 0 Å². The summed E-state index contributed by atoms with van der Waals surface area (Å²) in [7, 11) is -3.59. The molecule has 3 N–H and O–H groups in total. The molecule has 0 saturated carbocycles. The number of furan rings is 1. The first kappa shape index (κ1) is 14.6. The molecule has 108 valence electrons. The van der Waals surface area contributed by atoms with Crippen LogP contribution < -0.4 is 10.5 Å². The van der Waals surface area contributed by atoms with Gasteiger partial charge in [-0.3, -0.25) is 0 Å². The van der Waals surface area contributed by atoms with Gasteiger partial charge in [-0.25, -0.2) is 13.1 Å². The lowest BCUT2D eigenvalue weighted by Crippen LogP contribution is -2.23. The highest BCUT2D eigenvalue weighted by atomic mass is 32.2.